The van der Waals surface area contributed by atoms with Crippen LogP contribution in [0, 0.1) is 10.1 Å². The topological polar surface area (TPSA) is 118 Å². The Hall–Kier alpha value is -1.71. The van der Waals surface area contributed by atoms with Crippen LogP contribution in [0.25, 0.3) is 0 Å². The number of sulfonamides is 1. The fraction of sp³-hybridized carbons (Fsp3) is 0.300. The Bertz CT molecular complexity index is 660. The summed E-state index contributed by atoms with van der Waals surface area (Å²) < 4.78 is 25.0. The van der Waals surface area contributed by atoms with Gasteiger partial charge in [-0.15, -0.1) is 0 Å². The average molecular weight is 323 g/mol. The Balaban J connectivity index is 3.43. The summed E-state index contributed by atoms with van der Waals surface area (Å²) in [7, 11) is -3.29. The summed E-state index contributed by atoms with van der Waals surface area (Å²) in [5.74, 6) is -1.37. The third-order valence-corrected chi connectivity index (χ3v) is 4.89. The predicted octanol–water partition coefficient (Wildman–Crippen LogP) is 1.34. The number of likely N-dealkylation sites (N-methyl/N-ethyl adjacent to an activating group) is 1. The second kappa shape index (κ2) is 5.73. The minimum Gasteiger partial charge on any atom is -0.480 e. The van der Waals surface area contributed by atoms with Gasteiger partial charge in [0.2, 0.25) is 10.0 Å². The smallest absolute Gasteiger partial charge is 0.321 e. The zero-order valence-corrected chi connectivity index (χ0v) is 12.1. The third kappa shape index (κ3) is 3.06. The molecule has 0 aliphatic rings. The molecule has 0 bridgehead atoms. The quantitative estimate of drug-likeness (QED) is 0.645. The van der Waals surface area contributed by atoms with Crippen molar-refractivity contribution >= 4 is 33.3 Å². The van der Waals surface area contributed by atoms with Crippen molar-refractivity contribution in [2.75, 3.05) is 7.05 Å². The van der Waals surface area contributed by atoms with E-state index in [2.05, 4.69) is 0 Å². The lowest BCUT2D eigenvalue weighted by atomic mass is 10.3. The van der Waals surface area contributed by atoms with E-state index in [1.54, 1.807) is 0 Å². The first-order valence-corrected chi connectivity index (χ1v) is 7.05. The maximum absolute atomic E-state index is 12.2. The molecule has 0 saturated carbocycles. The van der Waals surface area contributed by atoms with E-state index in [1.807, 2.05) is 0 Å². The van der Waals surface area contributed by atoms with Gasteiger partial charge in [-0.3, -0.25) is 14.9 Å². The Morgan fingerprint density at radius 2 is 2.05 bits per heavy atom. The number of nitro groups is 1. The van der Waals surface area contributed by atoms with Crippen LogP contribution in [0.4, 0.5) is 5.69 Å². The van der Waals surface area contributed by atoms with Crippen molar-refractivity contribution in [3.63, 3.8) is 0 Å². The highest BCUT2D eigenvalue weighted by molar-refractivity contribution is 7.89. The van der Waals surface area contributed by atoms with Crippen LogP contribution >= 0.6 is 11.6 Å². The minimum absolute atomic E-state index is 0.00425. The molecule has 0 spiro atoms. The van der Waals surface area contributed by atoms with Crippen LogP contribution in [0.1, 0.15) is 6.92 Å². The van der Waals surface area contributed by atoms with Crippen molar-refractivity contribution in [2.45, 2.75) is 17.9 Å². The Kier molecular flexibility index (Phi) is 4.69. The standard InChI is InChI=1S/C10H11ClN2O6S/c1-6(10(14)15)12(2)20(18,19)9-4-3-7(11)5-8(9)13(16)17/h3-6H,1-2H3,(H,14,15). The van der Waals surface area contributed by atoms with Crippen LogP contribution in [0.3, 0.4) is 0 Å². The molecule has 0 saturated heterocycles. The fourth-order valence-electron chi connectivity index (χ4n) is 1.37. The molecule has 1 aromatic carbocycles. The van der Waals surface area contributed by atoms with Gasteiger partial charge in [-0.05, 0) is 19.1 Å². The van der Waals surface area contributed by atoms with Crippen molar-refractivity contribution in [3.05, 3.63) is 33.3 Å². The van der Waals surface area contributed by atoms with Gasteiger partial charge >= 0.3 is 5.97 Å². The van der Waals surface area contributed by atoms with Crippen LogP contribution in [-0.4, -0.2) is 41.8 Å². The molecule has 1 aromatic rings. The number of aliphatic carboxylic acids is 1. The van der Waals surface area contributed by atoms with Crippen LogP contribution in [-0.2, 0) is 14.8 Å². The van der Waals surface area contributed by atoms with Crippen molar-refractivity contribution < 1.29 is 23.2 Å². The molecular formula is C10H11ClN2O6S. The molecular weight excluding hydrogens is 312 g/mol. The monoisotopic (exact) mass is 322 g/mol. The number of hydrogen-bond donors (Lipinski definition) is 1. The van der Waals surface area contributed by atoms with Crippen LogP contribution in [0.15, 0.2) is 23.1 Å². The highest BCUT2D eigenvalue weighted by Crippen LogP contribution is 2.29. The second-order valence-corrected chi connectivity index (χ2v) is 6.31. The number of carbonyl (C=O) groups is 1. The largest absolute Gasteiger partial charge is 0.480 e. The maximum atomic E-state index is 12.2. The number of carboxylic acids is 1. The van der Waals surface area contributed by atoms with E-state index in [0.717, 1.165) is 26.1 Å². The van der Waals surface area contributed by atoms with Crippen LogP contribution < -0.4 is 0 Å². The number of carboxylic acid groups (broad SMARTS) is 1. The molecule has 8 nitrogen and oxygen atoms in total. The lowest BCUT2D eigenvalue weighted by Crippen LogP contribution is -2.40. The molecule has 0 fully saturated rings. The molecule has 0 aromatic heterocycles. The van der Waals surface area contributed by atoms with Gasteiger partial charge in [-0.1, -0.05) is 11.6 Å². The van der Waals surface area contributed by atoms with Gasteiger partial charge in [0, 0.05) is 18.1 Å². The van der Waals surface area contributed by atoms with E-state index < -0.39 is 37.5 Å². The van der Waals surface area contributed by atoms with Crippen molar-refractivity contribution in [1.29, 1.82) is 0 Å². The molecule has 0 aliphatic carbocycles. The Labute approximate surface area is 119 Å². The molecule has 1 unspecified atom stereocenters. The molecule has 1 N–H and O–H groups in total. The average Bonchev–Trinajstić information content (AvgIpc) is 2.36. The Morgan fingerprint density at radius 3 is 2.50 bits per heavy atom. The number of hydrogen-bond acceptors (Lipinski definition) is 5. The first-order chi connectivity index (χ1) is 9.09. The highest BCUT2D eigenvalue weighted by Gasteiger charge is 2.34. The lowest BCUT2D eigenvalue weighted by molar-refractivity contribution is -0.387. The number of benzene rings is 1. The van der Waals surface area contributed by atoms with Crippen molar-refractivity contribution in [3.8, 4) is 0 Å². The maximum Gasteiger partial charge on any atom is 0.321 e. The molecule has 0 amide bonds. The van der Waals surface area contributed by atoms with E-state index in [1.165, 1.54) is 6.07 Å². The first kappa shape index (κ1) is 16.3. The number of rotatable bonds is 5. The van der Waals surface area contributed by atoms with Gasteiger partial charge in [0.1, 0.15) is 6.04 Å². The molecule has 0 radical (unpaired) electrons. The predicted molar refractivity (Wildman–Crippen MR) is 70.2 cm³/mol. The lowest BCUT2D eigenvalue weighted by Gasteiger charge is -2.20. The Morgan fingerprint density at radius 1 is 1.50 bits per heavy atom. The summed E-state index contributed by atoms with van der Waals surface area (Å²) >= 11 is 5.60. The van der Waals surface area contributed by atoms with E-state index in [4.69, 9.17) is 16.7 Å². The van der Waals surface area contributed by atoms with Crippen molar-refractivity contribution in [2.24, 2.45) is 0 Å². The number of halogens is 1. The molecule has 20 heavy (non-hydrogen) atoms. The van der Waals surface area contributed by atoms with E-state index >= 15 is 0 Å². The molecule has 110 valence electrons. The second-order valence-electron chi connectivity index (χ2n) is 3.90. The fourth-order valence-corrected chi connectivity index (χ4v) is 2.99. The summed E-state index contributed by atoms with van der Waals surface area (Å²) in [5, 5.41) is 19.7. The number of nitrogens with zero attached hydrogens (tertiary/aromatic N) is 2. The summed E-state index contributed by atoms with van der Waals surface area (Å²) in [6.07, 6.45) is 0. The van der Waals surface area contributed by atoms with E-state index in [-0.39, 0.29) is 5.02 Å². The zero-order valence-electron chi connectivity index (χ0n) is 10.5. The van der Waals surface area contributed by atoms with Gasteiger partial charge in [0.05, 0.1) is 4.92 Å². The van der Waals surface area contributed by atoms with Crippen LogP contribution in [0.2, 0.25) is 5.02 Å². The van der Waals surface area contributed by atoms with Gasteiger partial charge in [0.25, 0.3) is 5.69 Å². The molecule has 1 atom stereocenters. The van der Waals surface area contributed by atoms with Gasteiger partial charge in [-0.25, -0.2) is 8.42 Å². The number of nitro benzene ring substituents is 1. The van der Waals surface area contributed by atoms with Gasteiger partial charge in [-0.2, -0.15) is 4.31 Å². The van der Waals surface area contributed by atoms with Crippen LogP contribution in [0.5, 0.6) is 0 Å². The van der Waals surface area contributed by atoms with Crippen molar-refractivity contribution in [1.82, 2.24) is 4.31 Å². The third-order valence-electron chi connectivity index (χ3n) is 2.68. The van der Waals surface area contributed by atoms with Gasteiger partial charge < -0.3 is 5.11 Å². The van der Waals surface area contributed by atoms with E-state index in [9.17, 15) is 23.3 Å². The summed E-state index contributed by atoms with van der Waals surface area (Å²) in [4.78, 5) is 20.2. The zero-order chi connectivity index (χ0) is 15.7. The summed E-state index contributed by atoms with van der Waals surface area (Å²) in [6.45, 7) is 1.15. The summed E-state index contributed by atoms with van der Waals surface area (Å²) in [6, 6.07) is 1.69. The SMILES string of the molecule is CC(C(=O)O)N(C)S(=O)(=O)c1ccc(Cl)cc1[N+](=O)[O-]. The van der Waals surface area contributed by atoms with E-state index in [0.29, 0.717) is 4.31 Å². The normalized spacial score (nSPS) is 13.2. The molecule has 1 rings (SSSR count). The molecule has 0 aliphatic heterocycles. The molecule has 0 heterocycles. The molecule has 10 heteroatoms. The first-order valence-electron chi connectivity index (χ1n) is 5.23. The summed E-state index contributed by atoms with van der Waals surface area (Å²) in [5.41, 5.74) is -0.707. The van der Waals surface area contributed by atoms with Gasteiger partial charge in [0.15, 0.2) is 4.90 Å². The highest BCUT2D eigenvalue weighted by atomic mass is 35.5. The minimum atomic E-state index is -4.32.